The number of benzene rings is 1. The Balaban J connectivity index is 2.16. The molecule has 0 amide bonds. The number of aryl methyl sites for hydroxylation is 1. The lowest BCUT2D eigenvalue weighted by Gasteiger charge is -2.23. The summed E-state index contributed by atoms with van der Waals surface area (Å²) in [7, 11) is 5.33. The van der Waals surface area contributed by atoms with Gasteiger partial charge in [-0.2, -0.15) is 0 Å². The first kappa shape index (κ1) is 19.6. The van der Waals surface area contributed by atoms with Crippen LogP contribution in [-0.4, -0.2) is 43.7 Å². The van der Waals surface area contributed by atoms with Gasteiger partial charge in [-0.1, -0.05) is 6.07 Å². The fourth-order valence-electron chi connectivity index (χ4n) is 2.62. The molecule has 0 saturated carbocycles. The summed E-state index contributed by atoms with van der Waals surface area (Å²) in [5.41, 5.74) is 3.19. The summed E-state index contributed by atoms with van der Waals surface area (Å²) in [6.07, 6.45) is 1.80. The van der Waals surface area contributed by atoms with E-state index in [1.165, 1.54) is 0 Å². The van der Waals surface area contributed by atoms with Crippen molar-refractivity contribution in [2.45, 2.75) is 26.9 Å². The molecule has 0 atom stereocenters. The molecule has 0 spiro atoms. The van der Waals surface area contributed by atoms with E-state index in [4.69, 9.17) is 14.5 Å². The van der Waals surface area contributed by atoms with E-state index in [0.29, 0.717) is 13.1 Å². The van der Waals surface area contributed by atoms with E-state index >= 15 is 0 Å². The summed E-state index contributed by atoms with van der Waals surface area (Å²) >= 11 is 0. The molecular weight excluding hydrogens is 328 g/mol. The standard InChI is InChI=1S/C20H28N4O2/c1-6-21-20(23-13-18-15(2)8-7-11-22-18)24(3)14-16-9-10-17(25-4)12-19(16)26-5/h7-12H,6,13-14H2,1-5H3,(H,21,23). The maximum absolute atomic E-state index is 5.50. The lowest BCUT2D eigenvalue weighted by Crippen LogP contribution is -2.38. The molecule has 0 saturated heterocycles. The van der Waals surface area contributed by atoms with Crippen molar-refractivity contribution in [2.75, 3.05) is 27.8 Å². The van der Waals surface area contributed by atoms with E-state index in [9.17, 15) is 0 Å². The molecule has 6 nitrogen and oxygen atoms in total. The molecule has 0 radical (unpaired) electrons. The van der Waals surface area contributed by atoms with E-state index < -0.39 is 0 Å². The van der Waals surface area contributed by atoms with Gasteiger partial charge in [-0.15, -0.1) is 0 Å². The van der Waals surface area contributed by atoms with Crippen LogP contribution < -0.4 is 14.8 Å². The molecule has 0 aliphatic heterocycles. The topological polar surface area (TPSA) is 59.0 Å². The van der Waals surface area contributed by atoms with Crippen LogP contribution in [-0.2, 0) is 13.1 Å². The van der Waals surface area contributed by atoms with E-state index in [1.54, 1.807) is 20.4 Å². The first-order chi connectivity index (χ1) is 12.6. The van der Waals surface area contributed by atoms with Gasteiger partial charge in [0.25, 0.3) is 0 Å². The number of hydrogen-bond donors (Lipinski definition) is 1. The number of aliphatic imine (C=N–C) groups is 1. The molecule has 140 valence electrons. The number of nitrogens with one attached hydrogen (secondary N) is 1. The first-order valence-electron chi connectivity index (χ1n) is 8.69. The summed E-state index contributed by atoms with van der Waals surface area (Å²) in [6.45, 7) is 6.11. The Kier molecular flexibility index (Phi) is 7.26. The SMILES string of the molecule is CCNC(=NCc1ncccc1C)N(C)Cc1ccc(OC)cc1OC. The highest BCUT2D eigenvalue weighted by Gasteiger charge is 2.11. The third-order valence-electron chi connectivity index (χ3n) is 4.09. The fourth-order valence-corrected chi connectivity index (χ4v) is 2.62. The molecule has 0 fully saturated rings. The highest BCUT2D eigenvalue weighted by molar-refractivity contribution is 5.79. The second kappa shape index (κ2) is 9.65. The summed E-state index contributed by atoms with van der Waals surface area (Å²) in [5, 5.41) is 3.34. The number of nitrogens with zero attached hydrogens (tertiary/aromatic N) is 3. The van der Waals surface area contributed by atoms with Crippen LogP contribution in [0.15, 0.2) is 41.5 Å². The minimum Gasteiger partial charge on any atom is -0.497 e. The number of hydrogen-bond acceptors (Lipinski definition) is 4. The van der Waals surface area contributed by atoms with Crippen molar-refractivity contribution in [2.24, 2.45) is 4.99 Å². The lowest BCUT2D eigenvalue weighted by atomic mass is 10.2. The number of aromatic nitrogens is 1. The molecule has 26 heavy (non-hydrogen) atoms. The van der Waals surface area contributed by atoms with Gasteiger partial charge < -0.3 is 19.7 Å². The monoisotopic (exact) mass is 356 g/mol. The Morgan fingerprint density at radius 1 is 1.23 bits per heavy atom. The van der Waals surface area contributed by atoms with Crippen LogP contribution in [0.2, 0.25) is 0 Å². The van der Waals surface area contributed by atoms with Gasteiger partial charge in [0, 0.05) is 38.0 Å². The fraction of sp³-hybridized carbons (Fsp3) is 0.400. The minimum atomic E-state index is 0.541. The third kappa shape index (κ3) is 5.12. The van der Waals surface area contributed by atoms with Crippen molar-refractivity contribution in [1.29, 1.82) is 0 Å². The van der Waals surface area contributed by atoms with Gasteiger partial charge in [-0.25, -0.2) is 4.99 Å². The predicted molar refractivity (Wildman–Crippen MR) is 105 cm³/mol. The molecule has 0 aliphatic rings. The van der Waals surface area contributed by atoms with Crippen LogP contribution in [0.5, 0.6) is 11.5 Å². The zero-order valence-corrected chi connectivity index (χ0v) is 16.2. The van der Waals surface area contributed by atoms with Gasteiger partial charge in [-0.05, 0) is 37.6 Å². The van der Waals surface area contributed by atoms with Gasteiger partial charge >= 0.3 is 0 Å². The number of rotatable bonds is 7. The number of ether oxygens (including phenoxy) is 2. The quantitative estimate of drug-likeness (QED) is 0.610. The Hall–Kier alpha value is -2.76. The summed E-state index contributed by atoms with van der Waals surface area (Å²) in [5.74, 6) is 2.41. The van der Waals surface area contributed by atoms with Crippen LogP contribution in [0.4, 0.5) is 0 Å². The highest BCUT2D eigenvalue weighted by Crippen LogP contribution is 2.25. The van der Waals surface area contributed by atoms with Crippen LogP contribution in [0.1, 0.15) is 23.7 Å². The van der Waals surface area contributed by atoms with Crippen molar-refractivity contribution < 1.29 is 9.47 Å². The van der Waals surface area contributed by atoms with Crippen LogP contribution in [0.25, 0.3) is 0 Å². The predicted octanol–water partition coefficient (Wildman–Crippen LogP) is 3.00. The molecule has 0 unspecified atom stereocenters. The van der Waals surface area contributed by atoms with Crippen molar-refractivity contribution in [3.63, 3.8) is 0 Å². The molecule has 6 heteroatoms. The Bertz CT molecular complexity index is 746. The van der Waals surface area contributed by atoms with E-state index in [1.807, 2.05) is 31.3 Å². The van der Waals surface area contributed by atoms with Crippen LogP contribution in [0.3, 0.4) is 0 Å². The molecule has 1 aromatic carbocycles. The zero-order valence-electron chi connectivity index (χ0n) is 16.2. The molecule has 2 rings (SSSR count). The van der Waals surface area contributed by atoms with E-state index in [-0.39, 0.29) is 0 Å². The molecule has 1 aromatic heterocycles. The van der Waals surface area contributed by atoms with E-state index in [0.717, 1.165) is 40.8 Å². The summed E-state index contributed by atoms with van der Waals surface area (Å²) < 4.78 is 10.8. The third-order valence-corrected chi connectivity index (χ3v) is 4.09. The minimum absolute atomic E-state index is 0.541. The second-order valence-electron chi connectivity index (χ2n) is 5.97. The highest BCUT2D eigenvalue weighted by atomic mass is 16.5. The Morgan fingerprint density at radius 2 is 2.04 bits per heavy atom. The van der Waals surface area contributed by atoms with Crippen molar-refractivity contribution in [1.82, 2.24) is 15.2 Å². The number of methoxy groups -OCH3 is 2. The summed E-state index contributed by atoms with van der Waals surface area (Å²) in [4.78, 5) is 11.2. The average molecular weight is 356 g/mol. The average Bonchev–Trinajstić information content (AvgIpc) is 2.66. The van der Waals surface area contributed by atoms with Gasteiger partial charge in [0.05, 0.1) is 26.5 Å². The lowest BCUT2D eigenvalue weighted by molar-refractivity contribution is 0.382. The van der Waals surface area contributed by atoms with Crippen molar-refractivity contribution >= 4 is 5.96 Å². The van der Waals surface area contributed by atoms with Crippen molar-refractivity contribution in [3.05, 3.63) is 53.3 Å². The molecule has 1 N–H and O–H groups in total. The number of guanidine groups is 1. The van der Waals surface area contributed by atoms with Crippen LogP contribution in [0, 0.1) is 6.92 Å². The smallest absolute Gasteiger partial charge is 0.194 e. The largest absolute Gasteiger partial charge is 0.497 e. The Morgan fingerprint density at radius 3 is 2.69 bits per heavy atom. The maximum atomic E-state index is 5.50. The molecule has 2 aromatic rings. The molecule has 1 heterocycles. The van der Waals surface area contributed by atoms with Crippen LogP contribution >= 0.6 is 0 Å². The second-order valence-corrected chi connectivity index (χ2v) is 5.97. The first-order valence-corrected chi connectivity index (χ1v) is 8.69. The molecular formula is C20H28N4O2. The maximum Gasteiger partial charge on any atom is 0.194 e. The van der Waals surface area contributed by atoms with Gasteiger partial charge in [0.15, 0.2) is 5.96 Å². The normalized spacial score (nSPS) is 11.2. The van der Waals surface area contributed by atoms with Gasteiger partial charge in [0.1, 0.15) is 11.5 Å². The molecule has 0 bridgehead atoms. The number of pyridine rings is 1. The van der Waals surface area contributed by atoms with Crippen molar-refractivity contribution in [3.8, 4) is 11.5 Å². The van der Waals surface area contributed by atoms with E-state index in [2.05, 4.69) is 35.1 Å². The Labute approximate surface area is 155 Å². The van der Waals surface area contributed by atoms with Gasteiger partial charge in [0.2, 0.25) is 0 Å². The van der Waals surface area contributed by atoms with Gasteiger partial charge in [-0.3, -0.25) is 4.98 Å². The zero-order chi connectivity index (χ0) is 18.9. The summed E-state index contributed by atoms with van der Waals surface area (Å²) in [6, 6.07) is 9.84. The molecule has 0 aliphatic carbocycles.